The quantitative estimate of drug-likeness (QED) is 0.741. The molecule has 2 N–H and O–H groups in total. The monoisotopic (exact) mass is 296 g/mol. The van der Waals surface area contributed by atoms with Gasteiger partial charge in [-0.1, -0.05) is 37.3 Å². The molecule has 110 valence electrons. The molecule has 0 unspecified atom stereocenters. The SMILES string of the molecule is CC/C(=C\C(=O)NCCS(=O)(=O)NC)c1ccccc1. The van der Waals surface area contributed by atoms with E-state index >= 15 is 0 Å². The zero-order chi connectivity index (χ0) is 15.0. The van der Waals surface area contributed by atoms with Crippen LogP contribution in [0.4, 0.5) is 0 Å². The van der Waals surface area contributed by atoms with E-state index in [-0.39, 0.29) is 18.2 Å². The van der Waals surface area contributed by atoms with Gasteiger partial charge >= 0.3 is 0 Å². The molecule has 0 aliphatic heterocycles. The van der Waals surface area contributed by atoms with Crippen LogP contribution in [0.25, 0.3) is 5.57 Å². The van der Waals surface area contributed by atoms with Crippen molar-refractivity contribution >= 4 is 21.5 Å². The van der Waals surface area contributed by atoms with Crippen molar-refractivity contribution in [1.82, 2.24) is 10.0 Å². The number of rotatable bonds is 7. The van der Waals surface area contributed by atoms with Gasteiger partial charge in [0, 0.05) is 12.6 Å². The standard InChI is InChI=1S/C14H20N2O3S/c1-3-12(13-7-5-4-6-8-13)11-14(17)16-9-10-20(18,19)15-2/h4-8,11,15H,3,9-10H2,1-2H3,(H,16,17)/b12-11+. The van der Waals surface area contributed by atoms with Crippen molar-refractivity contribution in [2.24, 2.45) is 0 Å². The molecule has 1 aromatic carbocycles. The van der Waals surface area contributed by atoms with E-state index in [0.717, 1.165) is 17.6 Å². The van der Waals surface area contributed by atoms with Crippen molar-refractivity contribution in [3.05, 3.63) is 42.0 Å². The molecule has 0 bridgehead atoms. The van der Waals surface area contributed by atoms with Gasteiger partial charge in [0.25, 0.3) is 0 Å². The molecular weight excluding hydrogens is 276 g/mol. The highest BCUT2D eigenvalue weighted by molar-refractivity contribution is 7.89. The fourth-order valence-electron chi connectivity index (χ4n) is 1.66. The first-order valence-corrected chi connectivity index (χ1v) is 8.08. The van der Waals surface area contributed by atoms with E-state index in [1.165, 1.54) is 13.1 Å². The summed E-state index contributed by atoms with van der Waals surface area (Å²) < 4.78 is 24.6. The molecule has 6 heteroatoms. The van der Waals surface area contributed by atoms with E-state index in [1.54, 1.807) is 0 Å². The highest BCUT2D eigenvalue weighted by atomic mass is 32.2. The molecule has 0 saturated carbocycles. The Balaban J connectivity index is 2.61. The summed E-state index contributed by atoms with van der Waals surface area (Å²) in [5.74, 6) is -0.410. The molecule has 1 amide bonds. The molecule has 5 nitrogen and oxygen atoms in total. The van der Waals surface area contributed by atoms with Gasteiger partial charge < -0.3 is 5.32 Å². The summed E-state index contributed by atoms with van der Waals surface area (Å²) in [5.41, 5.74) is 1.91. The molecule has 0 aromatic heterocycles. The summed E-state index contributed by atoms with van der Waals surface area (Å²) in [6, 6.07) is 9.62. The van der Waals surface area contributed by atoms with Crippen molar-refractivity contribution in [3.8, 4) is 0 Å². The molecule has 1 aromatic rings. The first-order chi connectivity index (χ1) is 9.48. The van der Waals surface area contributed by atoms with Gasteiger partial charge in [0.2, 0.25) is 15.9 Å². The van der Waals surface area contributed by atoms with Crippen molar-refractivity contribution in [2.45, 2.75) is 13.3 Å². The molecule has 0 radical (unpaired) electrons. The Kier molecular flexibility index (Phi) is 6.41. The molecule has 20 heavy (non-hydrogen) atoms. The first kappa shape index (κ1) is 16.4. The lowest BCUT2D eigenvalue weighted by Crippen LogP contribution is -2.32. The third kappa shape index (κ3) is 5.54. The minimum absolute atomic E-state index is 0.0876. The maximum atomic E-state index is 11.8. The number of benzene rings is 1. The van der Waals surface area contributed by atoms with Gasteiger partial charge in [0.05, 0.1) is 5.75 Å². The van der Waals surface area contributed by atoms with Crippen molar-refractivity contribution in [3.63, 3.8) is 0 Å². The van der Waals surface area contributed by atoms with Crippen LogP contribution in [0.5, 0.6) is 0 Å². The van der Waals surface area contributed by atoms with E-state index < -0.39 is 10.0 Å². The largest absolute Gasteiger partial charge is 0.351 e. The summed E-state index contributed by atoms with van der Waals surface area (Å²) >= 11 is 0. The summed E-state index contributed by atoms with van der Waals surface area (Å²) in [6.07, 6.45) is 2.24. The summed E-state index contributed by atoms with van der Waals surface area (Å²) in [7, 11) is -1.94. The normalized spacial score (nSPS) is 12.2. The van der Waals surface area contributed by atoms with Crippen LogP contribution in [-0.4, -0.2) is 33.7 Å². The summed E-state index contributed by atoms with van der Waals surface area (Å²) in [4.78, 5) is 11.8. The number of amides is 1. The van der Waals surface area contributed by atoms with Crippen LogP contribution in [0.2, 0.25) is 0 Å². The predicted molar refractivity (Wildman–Crippen MR) is 80.6 cm³/mol. The number of allylic oxidation sites excluding steroid dienone is 1. The number of nitrogens with one attached hydrogen (secondary N) is 2. The number of carbonyl (C=O) groups is 1. The Morgan fingerprint density at radius 3 is 2.45 bits per heavy atom. The smallest absolute Gasteiger partial charge is 0.244 e. The van der Waals surface area contributed by atoms with E-state index in [2.05, 4.69) is 10.0 Å². The Bertz CT molecular complexity index is 565. The Morgan fingerprint density at radius 2 is 1.90 bits per heavy atom. The van der Waals surface area contributed by atoms with Gasteiger partial charge in [-0.3, -0.25) is 4.79 Å². The van der Waals surface area contributed by atoms with Gasteiger partial charge in [0.15, 0.2) is 0 Å². The maximum absolute atomic E-state index is 11.8. The van der Waals surface area contributed by atoms with Gasteiger partial charge in [-0.05, 0) is 24.6 Å². The lowest BCUT2D eigenvalue weighted by atomic mass is 10.0. The molecule has 0 aliphatic rings. The number of carbonyl (C=O) groups excluding carboxylic acids is 1. The van der Waals surface area contributed by atoms with Crippen LogP contribution in [-0.2, 0) is 14.8 Å². The second-order valence-corrected chi connectivity index (χ2v) is 6.25. The number of hydrogen-bond acceptors (Lipinski definition) is 3. The zero-order valence-electron chi connectivity index (χ0n) is 11.7. The average molecular weight is 296 g/mol. The van der Waals surface area contributed by atoms with Crippen molar-refractivity contribution in [1.29, 1.82) is 0 Å². The highest BCUT2D eigenvalue weighted by Gasteiger charge is 2.07. The van der Waals surface area contributed by atoms with Crippen LogP contribution < -0.4 is 10.0 Å². The van der Waals surface area contributed by atoms with Crippen LogP contribution in [0.3, 0.4) is 0 Å². The predicted octanol–water partition coefficient (Wildman–Crippen LogP) is 1.15. The molecular formula is C14H20N2O3S. The van der Waals surface area contributed by atoms with E-state index in [0.29, 0.717) is 0 Å². The Labute approximate surface area is 120 Å². The first-order valence-electron chi connectivity index (χ1n) is 6.43. The van der Waals surface area contributed by atoms with Gasteiger partial charge in [-0.25, -0.2) is 13.1 Å². The number of hydrogen-bond donors (Lipinski definition) is 2. The van der Waals surface area contributed by atoms with E-state index in [4.69, 9.17) is 0 Å². The topological polar surface area (TPSA) is 75.3 Å². The zero-order valence-corrected chi connectivity index (χ0v) is 12.5. The van der Waals surface area contributed by atoms with Crippen LogP contribution >= 0.6 is 0 Å². The third-order valence-electron chi connectivity index (χ3n) is 2.81. The molecule has 0 spiro atoms. The second kappa shape index (κ2) is 7.81. The van der Waals surface area contributed by atoms with Crippen molar-refractivity contribution < 1.29 is 13.2 Å². The van der Waals surface area contributed by atoms with E-state index in [1.807, 2.05) is 37.3 Å². The summed E-state index contributed by atoms with van der Waals surface area (Å²) in [5, 5.41) is 2.57. The Hall–Kier alpha value is -1.66. The molecule has 0 heterocycles. The lowest BCUT2D eigenvalue weighted by molar-refractivity contribution is -0.116. The Morgan fingerprint density at radius 1 is 1.25 bits per heavy atom. The third-order valence-corrected chi connectivity index (χ3v) is 4.18. The van der Waals surface area contributed by atoms with Gasteiger partial charge in [-0.2, -0.15) is 0 Å². The molecule has 1 rings (SSSR count). The van der Waals surface area contributed by atoms with E-state index in [9.17, 15) is 13.2 Å². The highest BCUT2D eigenvalue weighted by Crippen LogP contribution is 2.16. The van der Waals surface area contributed by atoms with Crippen molar-refractivity contribution in [2.75, 3.05) is 19.3 Å². The molecule has 0 fully saturated rings. The van der Waals surface area contributed by atoms with Crippen LogP contribution in [0, 0.1) is 0 Å². The molecule has 0 atom stereocenters. The maximum Gasteiger partial charge on any atom is 0.244 e. The minimum Gasteiger partial charge on any atom is -0.351 e. The minimum atomic E-state index is -3.29. The second-order valence-electron chi connectivity index (χ2n) is 4.20. The summed E-state index contributed by atoms with van der Waals surface area (Å²) in [6.45, 7) is 2.06. The molecule has 0 aliphatic carbocycles. The average Bonchev–Trinajstić information content (AvgIpc) is 2.45. The fourth-order valence-corrected chi connectivity index (χ4v) is 2.24. The van der Waals surface area contributed by atoms with Gasteiger partial charge in [-0.15, -0.1) is 0 Å². The number of sulfonamides is 1. The lowest BCUT2D eigenvalue weighted by Gasteiger charge is -2.06. The van der Waals surface area contributed by atoms with Gasteiger partial charge in [0.1, 0.15) is 0 Å². The van der Waals surface area contributed by atoms with Crippen LogP contribution in [0.15, 0.2) is 36.4 Å². The fraction of sp³-hybridized carbons (Fsp3) is 0.357. The molecule has 0 saturated heterocycles. The van der Waals surface area contributed by atoms with Crippen LogP contribution in [0.1, 0.15) is 18.9 Å².